The smallest absolute Gasteiger partial charge is 0.241 e. The first-order valence-corrected chi connectivity index (χ1v) is 8.95. The minimum absolute atomic E-state index is 0.206. The molecule has 0 radical (unpaired) electrons. The Kier molecular flexibility index (Phi) is 6.16. The third-order valence-corrected chi connectivity index (χ3v) is 4.43. The summed E-state index contributed by atoms with van der Waals surface area (Å²) in [6, 6.07) is 17.9. The molecule has 1 aromatic heterocycles. The molecule has 0 saturated carbocycles. The predicted octanol–water partition coefficient (Wildman–Crippen LogP) is 4.65. The molecule has 140 valence electrons. The van der Waals surface area contributed by atoms with Gasteiger partial charge in [-0.05, 0) is 42.8 Å². The highest BCUT2D eigenvalue weighted by Crippen LogP contribution is 2.28. The Hall–Kier alpha value is -2.76. The highest BCUT2D eigenvalue weighted by Gasteiger charge is 2.23. The lowest BCUT2D eigenvalue weighted by molar-refractivity contribution is -0.117. The number of rotatable bonds is 7. The molecule has 5 nitrogen and oxygen atoms in total. The number of nitrogens with one attached hydrogen (secondary N) is 2. The highest BCUT2D eigenvalue weighted by atomic mass is 35.5. The molecule has 27 heavy (non-hydrogen) atoms. The van der Waals surface area contributed by atoms with E-state index in [4.69, 9.17) is 20.8 Å². The van der Waals surface area contributed by atoms with Crippen LogP contribution in [0.1, 0.15) is 24.3 Å². The van der Waals surface area contributed by atoms with Gasteiger partial charge in [-0.15, -0.1) is 0 Å². The molecule has 2 aromatic carbocycles. The van der Waals surface area contributed by atoms with Crippen LogP contribution in [-0.4, -0.2) is 19.1 Å². The quantitative estimate of drug-likeness (QED) is 0.622. The van der Waals surface area contributed by atoms with Gasteiger partial charge in [-0.3, -0.25) is 10.1 Å². The maximum absolute atomic E-state index is 12.7. The zero-order chi connectivity index (χ0) is 19.2. The van der Waals surface area contributed by atoms with Gasteiger partial charge in [-0.2, -0.15) is 0 Å². The third kappa shape index (κ3) is 4.70. The van der Waals surface area contributed by atoms with Crippen molar-refractivity contribution in [2.24, 2.45) is 0 Å². The van der Waals surface area contributed by atoms with Crippen LogP contribution in [-0.2, 0) is 4.79 Å². The van der Waals surface area contributed by atoms with E-state index in [1.54, 1.807) is 38.5 Å². The highest BCUT2D eigenvalue weighted by molar-refractivity contribution is 6.31. The Balaban J connectivity index is 1.77. The van der Waals surface area contributed by atoms with Gasteiger partial charge in [-0.25, -0.2) is 0 Å². The summed E-state index contributed by atoms with van der Waals surface area (Å²) in [7, 11) is 1.54. The van der Waals surface area contributed by atoms with Gasteiger partial charge >= 0.3 is 0 Å². The van der Waals surface area contributed by atoms with E-state index in [-0.39, 0.29) is 11.9 Å². The first-order chi connectivity index (χ1) is 13.1. The van der Waals surface area contributed by atoms with E-state index < -0.39 is 6.04 Å². The molecule has 1 amide bonds. The number of ether oxygens (including phenoxy) is 1. The van der Waals surface area contributed by atoms with Gasteiger partial charge in [0.25, 0.3) is 0 Å². The molecule has 0 fully saturated rings. The molecule has 0 aliphatic carbocycles. The normalized spacial score (nSPS) is 13.0. The van der Waals surface area contributed by atoms with E-state index in [0.717, 1.165) is 11.3 Å². The number of halogens is 1. The Morgan fingerprint density at radius 2 is 1.89 bits per heavy atom. The lowest BCUT2D eigenvalue weighted by atomic mass is 10.0. The van der Waals surface area contributed by atoms with Gasteiger partial charge in [0.2, 0.25) is 5.91 Å². The number of hydrogen-bond donors (Lipinski definition) is 2. The van der Waals surface area contributed by atoms with Crippen LogP contribution in [0.5, 0.6) is 5.75 Å². The topological polar surface area (TPSA) is 63.5 Å². The second-order valence-electron chi connectivity index (χ2n) is 6.08. The van der Waals surface area contributed by atoms with E-state index in [1.807, 2.05) is 42.5 Å². The minimum atomic E-state index is -0.496. The maximum Gasteiger partial charge on any atom is 0.241 e. The summed E-state index contributed by atoms with van der Waals surface area (Å²) in [6.45, 7) is 1.80. The summed E-state index contributed by atoms with van der Waals surface area (Å²) in [5.41, 5.74) is 1.53. The van der Waals surface area contributed by atoms with E-state index in [1.165, 1.54) is 0 Å². The van der Waals surface area contributed by atoms with Crippen LogP contribution in [0, 0.1) is 0 Å². The summed E-state index contributed by atoms with van der Waals surface area (Å²) < 4.78 is 10.9. The Morgan fingerprint density at radius 1 is 1.11 bits per heavy atom. The molecule has 0 bridgehead atoms. The van der Waals surface area contributed by atoms with Crippen molar-refractivity contribution in [2.75, 3.05) is 12.4 Å². The Morgan fingerprint density at radius 3 is 2.56 bits per heavy atom. The van der Waals surface area contributed by atoms with Gasteiger partial charge < -0.3 is 14.5 Å². The van der Waals surface area contributed by atoms with Crippen LogP contribution in [0.3, 0.4) is 0 Å². The molecule has 1 heterocycles. The lowest BCUT2D eigenvalue weighted by Gasteiger charge is -2.22. The standard InChI is InChI=1S/C21H21ClN2O3/c1-14(21(25)24-17-13-16(22)10-11-18(17)26-2)23-20(19-9-6-12-27-19)15-7-4-3-5-8-15/h3-14,20,23H,1-2H3,(H,24,25)/t14-,20-/m0/s1. The predicted molar refractivity (Wildman–Crippen MR) is 106 cm³/mol. The van der Waals surface area contributed by atoms with Gasteiger partial charge in [0, 0.05) is 5.02 Å². The molecule has 3 aromatic rings. The maximum atomic E-state index is 12.7. The fourth-order valence-electron chi connectivity index (χ4n) is 2.79. The van der Waals surface area contributed by atoms with Crippen LogP contribution in [0.25, 0.3) is 0 Å². The molecule has 0 unspecified atom stereocenters. The zero-order valence-electron chi connectivity index (χ0n) is 15.1. The van der Waals surface area contributed by atoms with Crippen molar-refractivity contribution in [2.45, 2.75) is 19.0 Å². The number of benzene rings is 2. The first-order valence-electron chi connectivity index (χ1n) is 8.57. The summed E-state index contributed by atoms with van der Waals surface area (Å²) in [5, 5.41) is 6.71. The largest absolute Gasteiger partial charge is 0.495 e. The second kappa shape index (κ2) is 8.75. The number of methoxy groups -OCH3 is 1. The summed E-state index contributed by atoms with van der Waals surface area (Å²) >= 11 is 6.03. The van der Waals surface area contributed by atoms with Crippen LogP contribution >= 0.6 is 11.6 Å². The minimum Gasteiger partial charge on any atom is -0.495 e. The summed E-state index contributed by atoms with van der Waals surface area (Å²) in [5.74, 6) is 1.08. The van der Waals surface area contributed by atoms with Crippen LogP contribution in [0.4, 0.5) is 5.69 Å². The average molecular weight is 385 g/mol. The second-order valence-corrected chi connectivity index (χ2v) is 6.52. The van der Waals surface area contributed by atoms with Gasteiger partial charge in [0.1, 0.15) is 11.5 Å². The monoisotopic (exact) mass is 384 g/mol. The van der Waals surface area contributed by atoms with Crippen LogP contribution in [0.2, 0.25) is 5.02 Å². The number of hydrogen-bond acceptors (Lipinski definition) is 4. The van der Waals surface area contributed by atoms with Crippen molar-refractivity contribution in [1.29, 1.82) is 0 Å². The van der Waals surface area contributed by atoms with Crippen molar-refractivity contribution >= 4 is 23.2 Å². The molecule has 6 heteroatoms. The van der Waals surface area contributed by atoms with Crippen LogP contribution in [0.15, 0.2) is 71.3 Å². The number of carbonyl (C=O) groups excluding carboxylic acids is 1. The van der Waals surface area contributed by atoms with E-state index in [0.29, 0.717) is 16.5 Å². The lowest BCUT2D eigenvalue weighted by Crippen LogP contribution is -2.40. The van der Waals surface area contributed by atoms with Gasteiger partial charge in [0.05, 0.1) is 31.1 Å². The molecule has 0 saturated heterocycles. The Labute approximate surface area is 163 Å². The summed E-state index contributed by atoms with van der Waals surface area (Å²) in [4.78, 5) is 12.7. The van der Waals surface area contributed by atoms with Crippen molar-refractivity contribution in [3.8, 4) is 5.75 Å². The molecule has 2 N–H and O–H groups in total. The van der Waals surface area contributed by atoms with E-state index >= 15 is 0 Å². The zero-order valence-corrected chi connectivity index (χ0v) is 15.9. The number of amides is 1. The summed E-state index contributed by atoms with van der Waals surface area (Å²) in [6.07, 6.45) is 1.62. The fourth-order valence-corrected chi connectivity index (χ4v) is 2.96. The van der Waals surface area contributed by atoms with Crippen molar-refractivity contribution in [3.05, 3.63) is 83.3 Å². The molecule has 3 rings (SSSR count). The van der Waals surface area contributed by atoms with Gasteiger partial charge in [0.15, 0.2) is 0 Å². The molecular weight excluding hydrogens is 364 g/mol. The average Bonchev–Trinajstić information content (AvgIpc) is 3.21. The van der Waals surface area contributed by atoms with Crippen molar-refractivity contribution < 1.29 is 13.9 Å². The van der Waals surface area contributed by atoms with Crippen molar-refractivity contribution in [1.82, 2.24) is 5.32 Å². The fraction of sp³-hybridized carbons (Fsp3) is 0.190. The first kappa shape index (κ1) is 19.0. The van der Waals surface area contributed by atoms with E-state index in [9.17, 15) is 4.79 Å². The number of carbonyl (C=O) groups is 1. The third-order valence-electron chi connectivity index (χ3n) is 4.19. The molecule has 0 aliphatic heterocycles. The molecule has 2 atom stereocenters. The number of furan rings is 1. The molecular formula is C21H21ClN2O3. The number of anilines is 1. The van der Waals surface area contributed by atoms with Crippen LogP contribution < -0.4 is 15.4 Å². The molecule has 0 aliphatic rings. The van der Waals surface area contributed by atoms with Crippen molar-refractivity contribution in [3.63, 3.8) is 0 Å². The molecule has 0 spiro atoms. The van der Waals surface area contributed by atoms with E-state index in [2.05, 4.69) is 10.6 Å². The van der Waals surface area contributed by atoms with Gasteiger partial charge in [-0.1, -0.05) is 41.9 Å². The Bertz CT molecular complexity index is 882. The SMILES string of the molecule is COc1ccc(Cl)cc1NC(=O)[C@H](C)N[C@@H](c1ccccc1)c1ccco1.